The van der Waals surface area contributed by atoms with E-state index in [1.807, 2.05) is 6.92 Å². The molecule has 0 saturated heterocycles. The van der Waals surface area contributed by atoms with Gasteiger partial charge >= 0.3 is 6.09 Å². The van der Waals surface area contributed by atoms with Gasteiger partial charge < -0.3 is 21.1 Å². The third-order valence-electron chi connectivity index (χ3n) is 6.41. The minimum absolute atomic E-state index is 0.0203. The Morgan fingerprint density at radius 3 is 2.91 bits per heavy atom. The number of carbonyl (C=O) groups is 1. The van der Waals surface area contributed by atoms with Crippen LogP contribution in [0.4, 0.5) is 20.6 Å². The zero-order valence-corrected chi connectivity index (χ0v) is 18.1. The minimum Gasteiger partial charge on any atom is -0.396 e. The van der Waals surface area contributed by atoms with Crippen LogP contribution in [0.1, 0.15) is 30.5 Å². The standard InChI is InChI=1S/C24H23FN6O2/c1-12-17(10-29-19-3-2-4-28-23(12)19)16-7-14-8-20(30-11-18(14)22(27)21(16)25)33-24(32)31-15-5-13(6-15)9-26/h7-8,10-11,13,15,28H,2-6,27H2,1H3,(H,31,32). The molecule has 5 rings (SSSR count). The molecule has 0 spiro atoms. The maximum absolute atomic E-state index is 15.3. The molecular formula is C24H23FN6O2. The number of rotatable bonds is 3. The molecule has 1 aliphatic heterocycles. The lowest BCUT2D eigenvalue weighted by Gasteiger charge is -2.30. The van der Waals surface area contributed by atoms with E-state index in [-0.39, 0.29) is 23.5 Å². The summed E-state index contributed by atoms with van der Waals surface area (Å²) in [4.78, 5) is 20.8. The predicted molar refractivity (Wildman–Crippen MR) is 122 cm³/mol. The van der Waals surface area contributed by atoms with Crippen molar-refractivity contribution in [2.45, 2.75) is 38.6 Å². The number of pyridine rings is 2. The van der Waals surface area contributed by atoms with Crippen molar-refractivity contribution in [3.05, 3.63) is 41.6 Å². The van der Waals surface area contributed by atoms with Crippen LogP contribution < -0.4 is 21.1 Å². The van der Waals surface area contributed by atoms with E-state index in [2.05, 4.69) is 26.7 Å². The third-order valence-corrected chi connectivity index (χ3v) is 6.41. The van der Waals surface area contributed by atoms with Gasteiger partial charge in [-0.3, -0.25) is 4.98 Å². The monoisotopic (exact) mass is 446 g/mol. The van der Waals surface area contributed by atoms with Gasteiger partial charge in [-0.05, 0) is 49.6 Å². The number of hydrogen-bond donors (Lipinski definition) is 3. The molecule has 0 radical (unpaired) electrons. The number of benzene rings is 1. The van der Waals surface area contributed by atoms with E-state index in [9.17, 15) is 4.79 Å². The van der Waals surface area contributed by atoms with Crippen molar-refractivity contribution in [2.75, 3.05) is 17.6 Å². The number of carbonyl (C=O) groups excluding carboxylic acids is 1. The maximum Gasteiger partial charge on any atom is 0.414 e. The molecule has 168 valence electrons. The molecule has 1 aromatic carbocycles. The van der Waals surface area contributed by atoms with Gasteiger partial charge in [0.15, 0.2) is 5.82 Å². The quantitative estimate of drug-likeness (QED) is 0.518. The second-order valence-electron chi connectivity index (χ2n) is 8.57. The van der Waals surface area contributed by atoms with Crippen molar-refractivity contribution in [1.82, 2.24) is 15.3 Å². The molecule has 33 heavy (non-hydrogen) atoms. The summed E-state index contributed by atoms with van der Waals surface area (Å²) in [6.45, 7) is 2.80. The lowest BCUT2D eigenvalue weighted by atomic mass is 9.81. The van der Waals surface area contributed by atoms with Crippen molar-refractivity contribution in [2.24, 2.45) is 5.92 Å². The number of aryl methyl sites for hydroxylation is 1. The van der Waals surface area contributed by atoms with E-state index in [0.29, 0.717) is 34.7 Å². The Morgan fingerprint density at radius 1 is 1.30 bits per heavy atom. The average molecular weight is 446 g/mol. The molecule has 2 aromatic heterocycles. The Kier molecular flexibility index (Phi) is 5.21. The molecule has 0 bridgehead atoms. The van der Waals surface area contributed by atoms with Gasteiger partial charge in [-0.2, -0.15) is 5.26 Å². The van der Waals surface area contributed by atoms with Crippen LogP contribution in [0, 0.1) is 30.0 Å². The van der Waals surface area contributed by atoms with Gasteiger partial charge in [-0.1, -0.05) is 0 Å². The first-order valence-electron chi connectivity index (χ1n) is 10.9. The first-order valence-corrected chi connectivity index (χ1v) is 10.9. The largest absolute Gasteiger partial charge is 0.414 e. The zero-order valence-electron chi connectivity index (χ0n) is 18.1. The Labute approximate surface area is 190 Å². The molecule has 3 aromatic rings. The SMILES string of the molecule is Cc1c(-c2cc3cc(OC(=O)NC4CC(C#N)C4)ncc3c(N)c2F)cnc2c1NCCC2. The van der Waals surface area contributed by atoms with Crippen LogP contribution in [0.2, 0.25) is 0 Å². The highest BCUT2D eigenvalue weighted by Gasteiger charge is 2.30. The minimum atomic E-state index is -0.639. The highest BCUT2D eigenvalue weighted by molar-refractivity contribution is 5.98. The molecular weight excluding hydrogens is 423 g/mol. The lowest BCUT2D eigenvalue weighted by Crippen LogP contribution is -2.45. The smallest absolute Gasteiger partial charge is 0.396 e. The fourth-order valence-corrected chi connectivity index (χ4v) is 4.48. The summed E-state index contributed by atoms with van der Waals surface area (Å²) in [5, 5.41) is 16.0. The Bertz CT molecular complexity index is 1310. The summed E-state index contributed by atoms with van der Waals surface area (Å²) in [5.41, 5.74) is 9.93. The molecule has 2 aliphatic rings. The first kappa shape index (κ1) is 20.9. The predicted octanol–water partition coefficient (Wildman–Crippen LogP) is 4.08. The number of hydrogen-bond acceptors (Lipinski definition) is 7. The van der Waals surface area contributed by atoms with Gasteiger partial charge in [-0.25, -0.2) is 14.2 Å². The van der Waals surface area contributed by atoms with E-state index in [0.717, 1.165) is 36.3 Å². The van der Waals surface area contributed by atoms with Crippen LogP contribution in [-0.2, 0) is 6.42 Å². The number of nitrogens with zero attached hydrogens (tertiary/aromatic N) is 3. The number of nitrogens with one attached hydrogen (secondary N) is 2. The number of ether oxygens (including phenoxy) is 1. The fourth-order valence-electron chi connectivity index (χ4n) is 4.48. The topological polar surface area (TPSA) is 126 Å². The summed E-state index contributed by atoms with van der Waals surface area (Å²) in [5.74, 6) is -0.481. The molecule has 4 N–H and O–H groups in total. The molecule has 1 aliphatic carbocycles. The summed E-state index contributed by atoms with van der Waals surface area (Å²) < 4.78 is 20.6. The van der Waals surface area contributed by atoms with E-state index in [4.69, 9.17) is 15.7 Å². The number of fused-ring (bicyclic) bond motifs is 2. The summed E-state index contributed by atoms with van der Waals surface area (Å²) in [7, 11) is 0. The van der Waals surface area contributed by atoms with Crippen LogP contribution in [-0.4, -0.2) is 28.6 Å². The second kappa shape index (κ2) is 8.20. The highest BCUT2D eigenvalue weighted by Crippen LogP contribution is 2.38. The first-order chi connectivity index (χ1) is 15.9. The van der Waals surface area contributed by atoms with Crippen LogP contribution in [0.3, 0.4) is 0 Å². The van der Waals surface area contributed by atoms with Crippen LogP contribution in [0.5, 0.6) is 5.88 Å². The fraction of sp³-hybridized carbons (Fsp3) is 0.333. The third kappa shape index (κ3) is 3.78. The van der Waals surface area contributed by atoms with Crippen molar-refractivity contribution < 1.29 is 13.9 Å². The van der Waals surface area contributed by atoms with Crippen molar-refractivity contribution in [1.29, 1.82) is 5.26 Å². The van der Waals surface area contributed by atoms with Crippen LogP contribution >= 0.6 is 0 Å². The van der Waals surface area contributed by atoms with E-state index < -0.39 is 11.9 Å². The van der Waals surface area contributed by atoms with Crippen molar-refractivity contribution >= 4 is 28.2 Å². The number of aromatic nitrogens is 2. The Balaban J connectivity index is 1.46. The van der Waals surface area contributed by atoms with Crippen LogP contribution in [0.25, 0.3) is 21.9 Å². The number of nitrogen functional groups attached to an aromatic ring is 1. The normalized spacial score (nSPS) is 19.1. The average Bonchev–Trinajstić information content (AvgIpc) is 2.79. The number of nitriles is 1. The number of amides is 1. The van der Waals surface area contributed by atoms with E-state index in [1.54, 1.807) is 18.3 Å². The van der Waals surface area contributed by atoms with Gasteiger partial charge in [0.25, 0.3) is 0 Å². The second-order valence-corrected chi connectivity index (χ2v) is 8.57. The zero-order chi connectivity index (χ0) is 23.1. The Hall–Kier alpha value is -3.93. The highest BCUT2D eigenvalue weighted by atomic mass is 19.1. The van der Waals surface area contributed by atoms with E-state index >= 15 is 4.39 Å². The molecule has 0 unspecified atom stereocenters. The van der Waals surface area contributed by atoms with Gasteiger partial charge in [0, 0.05) is 47.6 Å². The van der Waals surface area contributed by atoms with Crippen molar-refractivity contribution in [3.63, 3.8) is 0 Å². The van der Waals surface area contributed by atoms with Gasteiger partial charge in [0.05, 0.1) is 29.1 Å². The van der Waals surface area contributed by atoms with E-state index in [1.165, 1.54) is 6.20 Å². The number of halogens is 1. The molecule has 9 heteroatoms. The van der Waals surface area contributed by atoms with Crippen LogP contribution in [0.15, 0.2) is 24.5 Å². The molecule has 8 nitrogen and oxygen atoms in total. The molecule has 0 atom stereocenters. The molecule has 1 fully saturated rings. The summed E-state index contributed by atoms with van der Waals surface area (Å²) in [6.07, 6.45) is 5.56. The summed E-state index contributed by atoms with van der Waals surface area (Å²) >= 11 is 0. The van der Waals surface area contributed by atoms with Gasteiger partial charge in [0.2, 0.25) is 5.88 Å². The maximum atomic E-state index is 15.3. The van der Waals surface area contributed by atoms with Gasteiger partial charge in [-0.15, -0.1) is 0 Å². The molecule has 3 heterocycles. The Morgan fingerprint density at radius 2 is 2.12 bits per heavy atom. The van der Waals surface area contributed by atoms with Crippen molar-refractivity contribution in [3.8, 4) is 23.1 Å². The molecule has 1 saturated carbocycles. The number of anilines is 2. The number of nitrogens with two attached hydrogens (primary N) is 1. The molecule has 1 amide bonds. The lowest BCUT2D eigenvalue weighted by molar-refractivity contribution is 0.180. The summed E-state index contributed by atoms with van der Waals surface area (Å²) in [6, 6.07) is 5.33. The van der Waals surface area contributed by atoms with Gasteiger partial charge in [0.1, 0.15) is 0 Å².